The Kier molecular flexibility index (Phi) is 5.56. The molecular formula is C17H19NO5S. The minimum absolute atomic E-state index is 0.141. The summed E-state index contributed by atoms with van der Waals surface area (Å²) in [5.41, 5.74) is 0.651. The van der Waals surface area contributed by atoms with Gasteiger partial charge in [-0.3, -0.25) is 9.59 Å². The summed E-state index contributed by atoms with van der Waals surface area (Å²) in [7, 11) is -3.48. The van der Waals surface area contributed by atoms with Crippen LogP contribution < -0.4 is 5.32 Å². The number of carbonyl (C=O) groups excluding carboxylic acids is 1. The fourth-order valence-electron chi connectivity index (χ4n) is 2.51. The van der Waals surface area contributed by atoms with Crippen molar-refractivity contribution in [2.45, 2.75) is 19.4 Å². The molecule has 2 rings (SSSR count). The molecule has 0 aliphatic rings. The van der Waals surface area contributed by atoms with E-state index < -0.39 is 33.5 Å². The van der Waals surface area contributed by atoms with Crippen LogP contribution in [0, 0.1) is 0 Å². The van der Waals surface area contributed by atoms with Gasteiger partial charge in [-0.2, -0.15) is 0 Å². The number of fused-ring (bicyclic) bond motifs is 1. The van der Waals surface area contributed by atoms with Crippen molar-refractivity contribution in [3.8, 4) is 0 Å². The first-order valence-corrected chi connectivity index (χ1v) is 9.34. The van der Waals surface area contributed by atoms with Crippen LogP contribution in [0.15, 0.2) is 42.5 Å². The number of rotatable bonds is 7. The summed E-state index contributed by atoms with van der Waals surface area (Å²) in [5.74, 6) is -2.56. The first-order chi connectivity index (χ1) is 11.3. The van der Waals surface area contributed by atoms with E-state index in [-0.39, 0.29) is 12.2 Å². The van der Waals surface area contributed by atoms with E-state index in [2.05, 4.69) is 5.32 Å². The zero-order valence-electron chi connectivity index (χ0n) is 13.2. The molecule has 0 saturated heterocycles. The highest BCUT2D eigenvalue weighted by Gasteiger charge is 2.22. The van der Waals surface area contributed by atoms with Gasteiger partial charge >= 0.3 is 5.97 Å². The molecule has 0 aromatic heterocycles. The fourth-order valence-corrected chi connectivity index (χ4v) is 3.19. The highest BCUT2D eigenvalue weighted by Crippen LogP contribution is 2.26. The number of benzene rings is 2. The molecule has 128 valence electrons. The molecule has 0 radical (unpaired) electrons. The van der Waals surface area contributed by atoms with Gasteiger partial charge in [0.1, 0.15) is 5.75 Å². The molecular weight excluding hydrogens is 330 g/mol. The minimum atomic E-state index is -3.48. The normalized spacial score (nSPS) is 12.7. The lowest BCUT2D eigenvalue weighted by Crippen LogP contribution is -2.35. The Morgan fingerprint density at radius 1 is 1.12 bits per heavy atom. The number of hydrogen-bond donors (Lipinski definition) is 2. The van der Waals surface area contributed by atoms with Crippen molar-refractivity contribution in [2.24, 2.45) is 0 Å². The van der Waals surface area contributed by atoms with Gasteiger partial charge in [-0.15, -0.1) is 0 Å². The SMILES string of the molecule is CCS(=O)(=O)CC(=O)N[C@H](CC(=O)O)c1cccc2ccccc12. The van der Waals surface area contributed by atoms with Gasteiger partial charge in [0.15, 0.2) is 9.84 Å². The lowest BCUT2D eigenvalue weighted by atomic mass is 9.96. The Balaban J connectivity index is 2.34. The van der Waals surface area contributed by atoms with E-state index in [0.29, 0.717) is 5.56 Å². The van der Waals surface area contributed by atoms with E-state index in [9.17, 15) is 18.0 Å². The van der Waals surface area contributed by atoms with Crippen LogP contribution in [0.4, 0.5) is 0 Å². The van der Waals surface area contributed by atoms with E-state index in [1.54, 1.807) is 12.1 Å². The van der Waals surface area contributed by atoms with Gasteiger partial charge in [0.05, 0.1) is 12.5 Å². The summed E-state index contributed by atoms with van der Waals surface area (Å²) in [6.07, 6.45) is -0.327. The zero-order chi connectivity index (χ0) is 17.7. The largest absolute Gasteiger partial charge is 0.481 e. The molecule has 7 heteroatoms. The first-order valence-electron chi connectivity index (χ1n) is 7.51. The maximum Gasteiger partial charge on any atom is 0.305 e. The Morgan fingerprint density at radius 3 is 2.46 bits per heavy atom. The van der Waals surface area contributed by atoms with E-state index in [1.807, 2.05) is 30.3 Å². The van der Waals surface area contributed by atoms with Gasteiger partial charge in [0.25, 0.3) is 0 Å². The molecule has 2 N–H and O–H groups in total. The number of carboxylic acid groups (broad SMARTS) is 1. The van der Waals surface area contributed by atoms with Gasteiger partial charge in [-0.05, 0) is 16.3 Å². The number of amides is 1. The van der Waals surface area contributed by atoms with E-state index >= 15 is 0 Å². The second kappa shape index (κ2) is 7.44. The monoisotopic (exact) mass is 349 g/mol. The van der Waals surface area contributed by atoms with Gasteiger partial charge < -0.3 is 10.4 Å². The van der Waals surface area contributed by atoms with Crippen molar-refractivity contribution in [1.82, 2.24) is 5.32 Å². The van der Waals surface area contributed by atoms with Gasteiger partial charge in [0, 0.05) is 5.75 Å². The minimum Gasteiger partial charge on any atom is -0.481 e. The van der Waals surface area contributed by atoms with Gasteiger partial charge in [0.2, 0.25) is 5.91 Å². The predicted octanol–water partition coefficient (Wildman–Crippen LogP) is 1.91. The summed E-state index contributed by atoms with van der Waals surface area (Å²) in [6, 6.07) is 12.0. The second-order valence-corrected chi connectivity index (χ2v) is 7.82. The van der Waals surface area contributed by atoms with Crippen LogP contribution in [0.25, 0.3) is 10.8 Å². The van der Waals surface area contributed by atoms with Crippen LogP contribution in [0.1, 0.15) is 24.9 Å². The molecule has 0 unspecified atom stereocenters. The number of nitrogens with one attached hydrogen (secondary N) is 1. The molecule has 0 bridgehead atoms. The number of carboxylic acids is 1. The average molecular weight is 349 g/mol. The smallest absolute Gasteiger partial charge is 0.305 e. The molecule has 0 fully saturated rings. The molecule has 1 atom stereocenters. The van der Waals surface area contributed by atoms with Crippen LogP contribution >= 0.6 is 0 Å². The third-order valence-corrected chi connectivity index (χ3v) is 5.29. The molecule has 2 aromatic rings. The predicted molar refractivity (Wildman–Crippen MR) is 91.4 cm³/mol. The summed E-state index contributed by atoms with van der Waals surface area (Å²) in [4.78, 5) is 23.2. The number of sulfone groups is 1. The first kappa shape index (κ1) is 17.9. The summed E-state index contributed by atoms with van der Waals surface area (Å²) >= 11 is 0. The van der Waals surface area contributed by atoms with E-state index in [4.69, 9.17) is 5.11 Å². The molecule has 24 heavy (non-hydrogen) atoms. The Morgan fingerprint density at radius 2 is 1.79 bits per heavy atom. The van der Waals surface area contributed by atoms with Crippen LogP contribution in [0.5, 0.6) is 0 Å². The van der Waals surface area contributed by atoms with Crippen LogP contribution in [-0.4, -0.2) is 36.9 Å². The van der Waals surface area contributed by atoms with Crippen LogP contribution in [0.2, 0.25) is 0 Å². The fraction of sp³-hybridized carbons (Fsp3) is 0.294. The molecule has 1 amide bonds. The molecule has 2 aromatic carbocycles. The molecule has 0 spiro atoms. The third-order valence-electron chi connectivity index (χ3n) is 3.70. The summed E-state index contributed by atoms with van der Waals surface area (Å²) in [6.45, 7) is 1.46. The van der Waals surface area contributed by atoms with Crippen molar-refractivity contribution >= 4 is 32.5 Å². The molecule has 0 aliphatic heterocycles. The second-order valence-electron chi connectivity index (χ2n) is 5.46. The Bertz CT molecular complexity index is 855. The maximum atomic E-state index is 12.0. The standard InChI is InChI=1S/C17H19NO5S/c1-2-24(22,23)11-16(19)18-15(10-17(20)21)14-9-5-7-12-6-3-4-8-13(12)14/h3-9,15H,2,10-11H2,1H3,(H,18,19)(H,20,21)/t15-/m1/s1. The molecule has 0 aliphatic carbocycles. The van der Waals surface area contributed by atoms with Gasteiger partial charge in [-0.25, -0.2) is 8.42 Å². The Hall–Kier alpha value is -2.41. The lowest BCUT2D eigenvalue weighted by Gasteiger charge is -2.19. The highest BCUT2D eigenvalue weighted by molar-refractivity contribution is 7.92. The summed E-state index contributed by atoms with van der Waals surface area (Å²) in [5, 5.41) is 13.4. The van der Waals surface area contributed by atoms with Crippen LogP contribution in [-0.2, 0) is 19.4 Å². The maximum absolute atomic E-state index is 12.0. The quantitative estimate of drug-likeness (QED) is 0.795. The lowest BCUT2D eigenvalue weighted by molar-refractivity contribution is -0.137. The number of carbonyl (C=O) groups is 2. The van der Waals surface area contributed by atoms with E-state index in [0.717, 1.165) is 10.8 Å². The summed E-state index contributed by atoms with van der Waals surface area (Å²) < 4.78 is 23.2. The molecule has 0 saturated carbocycles. The molecule has 0 heterocycles. The van der Waals surface area contributed by atoms with Crippen molar-refractivity contribution in [2.75, 3.05) is 11.5 Å². The van der Waals surface area contributed by atoms with E-state index in [1.165, 1.54) is 6.92 Å². The van der Waals surface area contributed by atoms with Crippen molar-refractivity contribution in [3.05, 3.63) is 48.0 Å². The molecule has 6 nitrogen and oxygen atoms in total. The average Bonchev–Trinajstić information content (AvgIpc) is 2.52. The van der Waals surface area contributed by atoms with Crippen molar-refractivity contribution in [3.63, 3.8) is 0 Å². The number of aliphatic carboxylic acids is 1. The van der Waals surface area contributed by atoms with Crippen LogP contribution in [0.3, 0.4) is 0 Å². The highest BCUT2D eigenvalue weighted by atomic mass is 32.2. The van der Waals surface area contributed by atoms with Crippen molar-refractivity contribution in [1.29, 1.82) is 0 Å². The number of hydrogen-bond acceptors (Lipinski definition) is 4. The third kappa shape index (κ3) is 4.55. The van der Waals surface area contributed by atoms with Crippen molar-refractivity contribution < 1.29 is 23.1 Å². The zero-order valence-corrected chi connectivity index (χ0v) is 14.0. The van der Waals surface area contributed by atoms with Gasteiger partial charge in [-0.1, -0.05) is 49.4 Å². The Labute approximate surface area is 140 Å². The topological polar surface area (TPSA) is 101 Å².